The number of carbonyl (C=O) groups is 1. The second-order valence-electron chi connectivity index (χ2n) is 7.36. The van der Waals surface area contributed by atoms with Crippen LogP contribution in [0.1, 0.15) is 41.3 Å². The summed E-state index contributed by atoms with van der Waals surface area (Å²) >= 11 is 0. The number of hydrogen-bond donors (Lipinski definition) is 1. The molecule has 2 N–H and O–H groups in total. The van der Waals surface area contributed by atoms with Crippen molar-refractivity contribution < 1.29 is 18.3 Å². The van der Waals surface area contributed by atoms with Gasteiger partial charge in [0.1, 0.15) is 30.4 Å². The lowest BCUT2D eigenvalue weighted by molar-refractivity contribution is -0.134. The summed E-state index contributed by atoms with van der Waals surface area (Å²) in [6, 6.07) is 11.9. The van der Waals surface area contributed by atoms with Crippen molar-refractivity contribution in [2.45, 2.75) is 37.3 Å². The Labute approximate surface area is 176 Å². The van der Waals surface area contributed by atoms with Gasteiger partial charge in [0.15, 0.2) is 0 Å². The smallest absolute Gasteiger partial charge is 0.255 e. The molecule has 1 aromatic carbocycles. The van der Waals surface area contributed by atoms with E-state index in [9.17, 15) is 13.6 Å². The van der Waals surface area contributed by atoms with Crippen molar-refractivity contribution in [1.82, 2.24) is 20.0 Å². The Kier molecular flexibility index (Phi) is 5.33. The number of pyridine rings is 1. The number of nitrogens with two attached hydrogens (primary N) is 1. The summed E-state index contributed by atoms with van der Waals surface area (Å²) in [5, 5.41) is 17.3. The maximum absolute atomic E-state index is 12.9. The second kappa shape index (κ2) is 8.10. The standard InChI is InChI=1S/C21H18F2N6O2/c22-21(23)7-17(8-21)31-16-5-2-14(3-6-16)19(20(25)30)18-11-27-29(28-18)12-15-4-1-13(9-24)10-26-15/h1-6,10-11,17,19H,7-8,12H2,(H2,25,30). The van der Waals surface area contributed by atoms with Crippen LogP contribution in [-0.4, -0.2) is 37.9 Å². The average molecular weight is 424 g/mol. The number of hydrogen-bond acceptors (Lipinski definition) is 6. The molecule has 1 unspecified atom stereocenters. The first-order chi connectivity index (χ1) is 14.8. The SMILES string of the molecule is N#Cc1ccc(Cn2ncc(C(C(N)=O)c3ccc(OC4CC(F)(F)C4)cc3)n2)nc1. The Bertz CT molecular complexity index is 1110. The van der Waals surface area contributed by atoms with E-state index in [0.717, 1.165) is 0 Å². The van der Waals surface area contributed by atoms with Gasteiger partial charge in [-0.2, -0.15) is 20.3 Å². The number of halogens is 2. The fourth-order valence-electron chi connectivity index (χ4n) is 3.35. The fourth-order valence-corrected chi connectivity index (χ4v) is 3.35. The van der Waals surface area contributed by atoms with E-state index >= 15 is 0 Å². The third-order valence-electron chi connectivity index (χ3n) is 4.96. The minimum atomic E-state index is -2.65. The molecule has 1 atom stereocenters. The first-order valence-corrected chi connectivity index (χ1v) is 9.52. The van der Waals surface area contributed by atoms with Crippen LogP contribution in [0.5, 0.6) is 5.75 Å². The summed E-state index contributed by atoms with van der Waals surface area (Å²) in [6.45, 7) is 0.260. The van der Waals surface area contributed by atoms with Crippen molar-refractivity contribution in [2.24, 2.45) is 5.73 Å². The van der Waals surface area contributed by atoms with Gasteiger partial charge in [0, 0.05) is 19.0 Å². The molecule has 0 aliphatic heterocycles. The third kappa shape index (κ3) is 4.66. The van der Waals surface area contributed by atoms with E-state index in [2.05, 4.69) is 15.2 Å². The highest BCUT2D eigenvalue weighted by molar-refractivity contribution is 5.85. The number of primary amides is 1. The molecule has 31 heavy (non-hydrogen) atoms. The van der Waals surface area contributed by atoms with Gasteiger partial charge in [-0.15, -0.1) is 0 Å². The quantitative estimate of drug-likeness (QED) is 0.622. The Morgan fingerprint density at radius 1 is 1.26 bits per heavy atom. The van der Waals surface area contributed by atoms with Gasteiger partial charge in [0.25, 0.3) is 5.92 Å². The second-order valence-corrected chi connectivity index (χ2v) is 7.36. The van der Waals surface area contributed by atoms with Crippen molar-refractivity contribution in [3.63, 3.8) is 0 Å². The molecule has 8 nitrogen and oxygen atoms in total. The summed E-state index contributed by atoms with van der Waals surface area (Å²) in [6.07, 6.45) is 1.81. The molecule has 1 fully saturated rings. The molecular weight excluding hydrogens is 406 g/mol. The Hall–Kier alpha value is -3.87. The van der Waals surface area contributed by atoms with Crippen molar-refractivity contribution in [3.8, 4) is 11.8 Å². The van der Waals surface area contributed by atoms with Crippen molar-refractivity contribution in [2.75, 3.05) is 0 Å². The number of nitrogens with zero attached hydrogens (tertiary/aromatic N) is 5. The van der Waals surface area contributed by atoms with Crippen LogP contribution in [0.2, 0.25) is 0 Å². The Morgan fingerprint density at radius 3 is 2.58 bits per heavy atom. The minimum Gasteiger partial charge on any atom is -0.490 e. The highest BCUT2D eigenvalue weighted by Gasteiger charge is 2.47. The van der Waals surface area contributed by atoms with Gasteiger partial charge in [-0.05, 0) is 29.8 Å². The van der Waals surface area contributed by atoms with Gasteiger partial charge in [-0.25, -0.2) is 8.78 Å². The molecule has 1 amide bonds. The zero-order valence-electron chi connectivity index (χ0n) is 16.3. The molecule has 0 radical (unpaired) electrons. The molecule has 0 spiro atoms. The maximum Gasteiger partial charge on any atom is 0.255 e. The largest absolute Gasteiger partial charge is 0.490 e. The number of alkyl halides is 2. The number of rotatable bonds is 7. The van der Waals surface area contributed by atoms with Crippen LogP contribution in [0.15, 0.2) is 48.8 Å². The number of aromatic nitrogens is 4. The van der Waals surface area contributed by atoms with E-state index in [0.29, 0.717) is 28.3 Å². The zero-order valence-corrected chi connectivity index (χ0v) is 16.3. The van der Waals surface area contributed by atoms with Crippen LogP contribution in [0.25, 0.3) is 0 Å². The van der Waals surface area contributed by atoms with Gasteiger partial charge < -0.3 is 10.5 Å². The number of nitriles is 1. The summed E-state index contributed by atoms with van der Waals surface area (Å²) in [4.78, 5) is 17.7. The number of amides is 1. The molecule has 4 rings (SSSR count). The van der Waals surface area contributed by atoms with E-state index in [-0.39, 0.29) is 19.4 Å². The molecule has 1 aliphatic rings. The number of benzene rings is 1. The summed E-state index contributed by atoms with van der Waals surface area (Å²) < 4.78 is 31.4. The normalized spacial score (nSPS) is 16.2. The monoisotopic (exact) mass is 424 g/mol. The van der Waals surface area contributed by atoms with Crippen LogP contribution in [0, 0.1) is 11.3 Å². The minimum absolute atomic E-state index is 0.260. The lowest BCUT2D eigenvalue weighted by atomic mass is 9.91. The molecule has 0 bridgehead atoms. The third-order valence-corrected chi connectivity index (χ3v) is 4.96. The average Bonchev–Trinajstić information content (AvgIpc) is 3.16. The van der Waals surface area contributed by atoms with E-state index in [4.69, 9.17) is 15.7 Å². The Morgan fingerprint density at radius 2 is 2.00 bits per heavy atom. The number of ether oxygens (including phenoxy) is 1. The van der Waals surface area contributed by atoms with Crippen LogP contribution < -0.4 is 10.5 Å². The molecule has 1 saturated carbocycles. The topological polar surface area (TPSA) is 120 Å². The van der Waals surface area contributed by atoms with E-state index in [1.165, 1.54) is 17.2 Å². The molecule has 10 heteroatoms. The highest BCUT2D eigenvalue weighted by Crippen LogP contribution is 2.39. The first-order valence-electron chi connectivity index (χ1n) is 9.52. The lowest BCUT2D eigenvalue weighted by Gasteiger charge is -2.34. The van der Waals surface area contributed by atoms with E-state index < -0.39 is 23.9 Å². The molecule has 158 valence electrons. The first kappa shape index (κ1) is 20.4. The highest BCUT2D eigenvalue weighted by atomic mass is 19.3. The van der Waals surface area contributed by atoms with Gasteiger partial charge in [-0.1, -0.05) is 12.1 Å². The van der Waals surface area contributed by atoms with Crippen molar-refractivity contribution in [3.05, 3.63) is 71.3 Å². The molecular formula is C21H18F2N6O2. The van der Waals surface area contributed by atoms with E-state index in [1.54, 1.807) is 36.4 Å². The van der Waals surface area contributed by atoms with Crippen LogP contribution in [0.4, 0.5) is 8.78 Å². The van der Waals surface area contributed by atoms with Crippen molar-refractivity contribution in [1.29, 1.82) is 5.26 Å². The van der Waals surface area contributed by atoms with Gasteiger partial charge >= 0.3 is 0 Å². The van der Waals surface area contributed by atoms with Crippen LogP contribution in [-0.2, 0) is 11.3 Å². The number of carbonyl (C=O) groups excluding carboxylic acids is 1. The predicted octanol–water partition coefficient (Wildman–Crippen LogP) is 2.39. The van der Waals surface area contributed by atoms with Crippen molar-refractivity contribution >= 4 is 5.91 Å². The summed E-state index contributed by atoms with van der Waals surface area (Å²) in [5.74, 6) is -3.63. The maximum atomic E-state index is 12.9. The van der Waals surface area contributed by atoms with Gasteiger partial charge in [0.2, 0.25) is 5.91 Å². The van der Waals surface area contributed by atoms with Crippen LogP contribution >= 0.6 is 0 Å². The van der Waals surface area contributed by atoms with Gasteiger partial charge in [0.05, 0.1) is 23.1 Å². The molecule has 2 aromatic heterocycles. The van der Waals surface area contributed by atoms with Crippen LogP contribution in [0.3, 0.4) is 0 Å². The Balaban J connectivity index is 1.46. The lowest BCUT2D eigenvalue weighted by Crippen LogP contribution is -2.43. The molecule has 3 aromatic rings. The molecule has 0 saturated heterocycles. The fraction of sp³-hybridized carbons (Fsp3) is 0.286. The molecule has 1 aliphatic carbocycles. The summed E-state index contributed by atoms with van der Waals surface area (Å²) in [7, 11) is 0. The van der Waals surface area contributed by atoms with E-state index in [1.807, 2.05) is 6.07 Å². The zero-order chi connectivity index (χ0) is 22.0. The molecule has 2 heterocycles. The predicted molar refractivity (Wildman–Crippen MR) is 104 cm³/mol. The summed E-state index contributed by atoms with van der Waals surface area (Å²) in [5.41, 5.74) is 7.66. The van der Waals surface area contributed by atoms with Gasteiger partial charge in [-0.3, -0.25) is 9.78 Å².